The third-order valence-electron chi connectivity index (χ3n) is 4.19. The number of methoxy groups -OCH3 is 1. The maximum Gasteiger partial charge on any atom is 0.328 e. The Morgan fingerprint density at radius 2 is 2.10 bits per heavy atom. The molecule has 4 aromatic rings. The van der Waals surface area contributed by atoms with Gasteiger partial charge < -0.3 is 9.30 Å². The van der Waals surface area contributed by atoms with Crippen molar-refractivity contribution < 1.29 is 9.53 Å². The molecule has 0 saturated carbocycles. The van der Waals surface area contributed by atoms with E-state index in [4.69, 9.17) is 4.74 Å². The molecular weight excluding hydrogens is 396 g/mol. The molecule has 29 heavy (non-hydrogen) atoms. The number of benzene rings is 1. The van der Waals surface area contributed by atoms with Crippen molar-refractivity contribution in [1.29, 1.82) is 0 Å². The Bertz CT molecular complexity index is 1300. The Kier molecular flexibility index (Phi) is 4.96. The highest BCUT2D eigenvalue weighted by Gasteiger charge is 2.15. The molecule has 0 aliphatic rings. The quantitative estimate of drug-likeness (QED) is 0.493. The van der Waals surface area contributed by atoms with E-state index in [9.17, 15) is 14.4 Å². The number of aromatic nitrogens is 5. The topological polar surface area (TPSA) is 123 Å². The number of para-hydroxylation sites is 1. The minimum Gasteiger partial charge on any atom is -0.496 e. The van der Waals surface area contributed by atoms with Crippen LogP contribution in [0.5, 0.6) is 5.75 Å². The number of nitrogens with zero attached hydrogens (tertiary/aromatic N) is 4. The second-order valence-electron chi connectivity index (χ2n) is 6.05. The highest BCUT2D eigenvalue weighted by molar-refractivity contribution is 7.15. The van der Waals surface area contributed by atoms with Crippen LogP contribution in [0.25, 0.3) is 16.2 Å². The Balaban J connectivity index is 1.50. The van der Waals surface area contributed by atoms with Gasteiger partial charge in [0.05, 0.1) is 12.8 Å². The van der Waals surface area contributed by atoms with Crippen LogP contribution in [-0.2, 0) is 11.3 Å². The fraction of sp³-hybridized carbons (Fsp3) is 0.167. The van der Waals surface area contributed by atoms with Crippen molar-refractivity contribution in [3.8, 4) is 17.0 Å². The van der Waals surface area contributed by atoms with Crippen LogP contribution in [0.1, 0.15) is 6.42 Å². The van der Waals surface area contributed by atoms with Crippen molar-refractivity contribution in [2.24, 2.45) is 0 Å². The van der Waals surface area contributed by atoms with Gasteiger partial charge in [-0.3, -0.25) is 19.9 Å². The summed E-state index contributed by atoms with van der Waals surface area (Å²) >= 11 is 1.39. The van der Waals surface area contributed by atoms with Crippen molar-refractivity contribution in [2.75, 3.05) is 12.4 Å². The minimum absolute atomic E-state index is 0.0260. The molecule has 0 spiro atoms. The molecule has 0 saturated heterocycles. The number of carbonyl (C=O) groups excluding carboxylic acids is 1. The van der Waals surface area contributed by atoms with Gasteiger partial charge in [-0.2, -0.15) is 4.98 Å². The standard InChI is InChI=1S/C18H16N6O4S/c1-28-13-5-3-2-4-11(13)12-10-29-18-21-16(22-24(12)18)19-14(25)6-8-23-9-7-15(26)20-17(23)27/h2-5,7,9-10H,6,8H2,1H3,(H,19,22,25)(H,20,26,27). The van der Waals surface area contributed by atoms with Crippen molar-refractivity contribution in [3.05, 3.63) is 62.7 Å². The molecule has 0 unspecified atom stereocenters. The minimum atomic E-state index is -0.563. The lowest BCUT2D eigenvalue weighted by Gasteiger charge is -2.06. The zero-order valence-electron chi connectivity index (χ0n) is 15.3. The van der Waals surface area contributed by atoms with E-state index in [0.717, 1.165) is 11.3 Å². The molecule has 3 heterocycles. The molecule has 4 rings (SSSR count). The van der Waals surface area contributed by atoms with E-state index in [1.54, 1.807) is 11.6 Å². The van der Waals surface area contributed by atoms with Crippen LogP contribution < -0.4 is 21.3 Å². The number of H-pyrrole nitrogens is 1. The Labute approximate surface area is 167 Å². The number of aryl methyl sites for hydroxylation is 1. The summed E-state index contributed by atoms with van der Waals surface area (Å²) in [7, 11) is 1.60. The summed E-state index contributed by atoms with van der Waals surface area (Å²) in [5, 5.41) is 8.91. The van der Waals surface area contributed by atoms with Gasteiger partial charge in [0.2, 0.25) is 16.8 Å². The van der Waals surface area contributed by atoms with Gasteiger partial charge in [0.1, 0.15) is 5.75 Å². The van der Waals surface area contributed by atoms with E-state index in [-0.39, 0.29) is 24.8 Å². The lowest BCUT2D eigenvalue weighted by Crippen LogP contribution is -2.29. The van der Waals surface area contributed by atoms with Crippen LogP contribution in [0.3, 0.4) is 0 Å². The number of hydrogen-bond donors (Lipinski definition) is 2. The van der Waals surface area contributed by atoms with Gasteiger partial charge in [0.15, 0.2) is 0 Å². The molecule has 1 amide bonds. The third-order valence-corrected chi connectivity index (χ3v) is 5.01. The molecule has 148 valence electrons. The van der Waals surface area contributed by atoms with Gasteiger partial charge in [-0.25, -0.2) is 9.31 Å². The monoisotopic (exact) mass is 412 g/mol. The number of carbonyl (C=O) groups is 1. The van der Waals surface area contributed by atoms with Gasteiger partial charge >= 0.3 is 5.69 Å². The molecule has 10 nitrogen and oxygen atoms in total. The molecule has 0 bridgehead atoms. The highest BCUT2D eigenvalue weighted by Crippen LogP contribution is 2.32. The molecule has 2 N–H and O–H groups in total. The molecule has 1 aromatic carbocycles. The van der Waals surface area contributed by atoms with E-state index < -0.39 is 11.2 Å². The fourth-order valence-electron chi connectivity index (χ4n) is 2.81. The molecule has 0 fully saturated rings. The Morgan fingerprint density at radius 1 is 1.28 bits per heavy atom. The normalized spacial score (nSPS) is 10.9. The number of thiazole rings is 1. The predicted octanol–water partition coefficient (Wildman–Crippen LogP) is 1.35. The Hall–Kier alpha value is -3.73. The van der Waals surface area contributed by atoms with Crippen molar-refractivity contribution >= 4 is 28.2 Å². The average molecular weight is 412 g/mol. The third kappa shape index (κ3) is 3.80. The SMILES string of the molecule is COc1ccccc1-c1csc2nc(NC(=O)CCn3ccc(=O)[nH]c3=O)nn12. The summed E-state index contributed by atoms with van der Waals surface area (Å²) in [6.07, 6.45) is 1.37. The van der Waals surface area contributed by atoms with Crippen LogP contribution >= 0.6 is 11.3 Å². The summed E-state index contributed by atoms with van der Waals surface area (Å²) in [5.74, 6) is 0.534. The zero-order chi connectivity index (χ0) is 20.4. The summed E-state index contributed by atoms with van der Waals surface area (Å²) in [5.41, 5.74) is 0.618. The maximum atomic E-state index is 12.2. The summed E-state index contributed by atoms with van der Waals surface area (Å²) in [6.45, 7) is 0.121. The van der Waals surface area contributed by atoms with Crippen LogP contribution in [0.2, 0.25) is 0 Å². The van der Waals surface area contributed by atoms with Crippen LogP contribution in [0.4, 0.5) is 5.95 Å². The molecule has 0 radical (unpaired) electrons. The highest BCUT2D eigenvalue weighted by atomic mass is 32.1. The summed E-state index contributed by atoms with van der Waals surface area (Å²) < 4.78 is 8.30. The van der Waals surface area contributed by atoms with Crippen molar-refractivity contribution in [1.82, 2.24) is 24.1 Å². The average Bonchev–Trinajstić information content (AvgIpc) is 3.27. The number of aromatic amines is 1. The van der Waals surface area contributed by atoms with E-state index in [2.05, 4.69) is 20.4 Å². The van der Waals surface area contributed by atoms with Crippen LogP contribution in [0.15, 0.2) is 51.5 Å². The summed E-state index contributed by atoms with van der Waals surface area (Å²) in [6, 6.07) is 8.79. The van der Waals surface area contributed by atoms with E-state index in [0.29, 0.717) is 10.7 Å². The number of fused-ring (bicyclic) bond motifs is 1. The maximum absolute atomic E-state index is 12.2. The van der Waals surface area contributed by atoms with E-state index >= 15 is 0 Å². The van der Waals surface area contributed by atoms with Crippen LogP contribution in [-0.4, -0.2) is 37.2 Å². The first kappa shape index (κ1) is 18.6. The predicted molar refractivity (Wildman–Crippen MR) is 107 cm³/mol. The van der Waals surface area contributed by atoms with Crippen LogP contribution in [0, 0.1) is 0 Å². The molecule has 11 heteroatoms. The number of hydrogen-bond acceptors (Lipinski definition) is 7. The second kappa shape index (κ2) is 7.72. The first-order chi connectivity index (χ1) is 14.0. The van der Waals surface area contributed by atoms with Gasteiger partial charge in [0, 0.05) is 36.2 Å². The first-order valence-electron chi connectivity index (χ1n) is 8.62. The Morgan fingerprint density at radius 3 is 2.90 bits per heavy atom. The fourth-order valence-corrected chi connectivity index (χ4v) is 3.63. The molecule has 0 aliphatic heterocycles. The van der Waals surface area contributed by atoms with Gasteiger partial charge in [-0.1, -0.05) is 12.1 Å². The smallest absolute Gasteiger partial charge is 0.328 e. The largest absolute Gasteiger partial charge is 0.496 e. The number of rotatable bonds is 6. The molecule has 0 atom stereocenters. The van der Waals surface area contributed by atoms with Crippen molar-refractivity contribution in [2.45, 2.75) is 13.0 Å². The van der Waals surface area contributed by atoms with Gasteiger partial charge in [-0.05, 0) is 12.1 Å². The zero-order valence-corrected chi connectivity index (χ0v) is 16.1. The number of ether oxygens (including phenoxy) is 1. The number of nitrogens with one attached hydrogen (secondary N) is 2. The van der Waals surface area contributed by atoms with Crippen molar-refractivity contribution in [3.63, 3.8) is 0 Å². The lowest BCUT2D eigenvalue weighted by molar-refractivity contribution is -0.116. The molecule has 3 aromatic heterocycles. The van der Waals surface area contributed by atoms with E-state index in [1.165, 1.54) is 28.2 Å². The lowest BCUT2D eigenvalue weighted by atomic mass is 10.1. The molecule has 0 aliphatic carbocycles. The molecular formula is C18H16N6O4S. The first-order valence-corrected chi connectivity index (χ1v) is 9.50. The van der Waals surface area contributed by atoms with E-state index in [1.807, 2.05) is 29.6 Å². The second-order valence-corrected chi connectivity index (χ2v) is 6.89. The number of anilines is 1. The van der Waals surface area contributed by atoms with Gasteiger partial charge in [-0.15, -0.1) is 16.4 Å². The number of amides is 1. The van der Waals surface area contributed by atoms with Gasteiger partial charge in [0.25, 0.3) is 5.56 Å². The summed E-state index contributed by atoms with van der Waals surface area (Å²) in [4.78, 5) is 42.0.